The zero-order chi connectivity index (χ0) is 12.7. The van der Waals surface area contributed by atoms with Gasteiger partial charge in [0.25, 0.3) is 0 Å². The summed E-state index contributed by atoms with van der Waals surface area (Å²) in [5.74, 6) is -0.770. The van der Waals surface area contributed by atoms with Crippen molar-refractivity contribution in [2.45, 2.75) is 6.42 Å². The summed E-state index contributed by atoms with van der Waals surface area (Å²) in [7, 11) is 1.28. The number of carbonyl (C=O) groups excluding carboxylic acids is 2. The van der Waals surface area contributed by atoms with Crippen molar-refractivity contribution in [2.24, 2.45) is 0 Å². The summed E-state index contributed by atoms with van der Waals surface area (Å²) in [5.41, 5.74) is 0.474. The molecule has 0 bridgehead atoms. The fourth-order valence-electron chi connectivity index (χ4n) is 1.09. The van der Waals surface area contributed by atoms with Crippen LogP contribution in [0.25, 0.3) is 0 Å². The van der Waals surface area contributed by atoms with Crippen LogP contribution in [-0.2, 0) is 9.53 Å². The van der Waals surface area contributed by atoms with E-state index in [1.165, 1.54) is 31.4 Å². The molecule has 92 valence electrons. The Bertz CT molecular complexity index is 392. The van der Waals surface area contributed by atoms with Gasteiger partial charge >= 0.3 is 12.0 Å². The summed E-state index contributed by atoms with van der Waals surface area (Å²) < 4.78 is 17.0. The van der Waals surface area contributed by atoms with E-state index < -0.39 is 12.0 Å². The van der Waals surface area contributed by atoms with Crippen LogP contribution in [0.2, 0.25) is 0 Å². The van der Waals surface area contributed by atoms with Crippen LogP contribution >= 0.6 is 0 Å². The highest BCUT2D eigenvalue weighted by Crippen LogP contribution is 2.07. The summed E-state index contributed by atoms with van der Waals surface area (Å²) >= 11 is 0. The lowest BCUT2D eigenvalue weighted by Crippen LogP contribution is -2.30. The van der Waals surface area contributed by atoms with Gasteiger partial charge < -0.3 is 15.4 Å². The SMILES string of the molecule is COC(=O)CCNC(=O)Nc1ccc(F)cc1. The third-order valence-electron chi connectivity index (χ3n) is 1.94. The van der Waals surface area contributed by atoms with Gasteiger partial charge in [0.05, 0.1) is 13.5 Å². The molecule has 6 heteroatoms. The van der Waals surface area contributed by atoms with Gasteiger partial charge in [-0.15, -0.1) is 0 Å². The highest BCUT2D eigenvalue weighted by molar-refractivity contribution is 5.89. The summed E-state index contributed by atoms with van der Waals surface area (Å²) in [6.07, 6.45) is 0.105. The molecule has 0 aromatic heterocycles. The summed E-state index contributed by atoms with van der Waals surface area (Å²) in [4.78, 5) is 22.1. The third kappa shape index (κ3) is 4.96. The minimum absolute atomic E-state index is 0.105. The number of amides is 2. The molecule has 0 aliphatic heterocycles. The smallest absolute Gasteiger partial charge is 0.319 e. The van der Waals surface area contributed by atoms with E-state index in [1.54, 1.807) is 0 Å². The van der Waals surface area contributed by atoms with Gasteiger partial charge in [0.2, 0.25) is 0 Å². The Morgan fingerprint density at radius 2 is 1.94 bits per heavy atom. The normalized spacial score (nSPS) is 9.53. The highest BCUT2D eigenvalue weighted by atomic mass is 19.1. The maximum atomic E-state index is 12.6. The van der Waals surface area contributed by atoms with Gasteiger partial charge in [0.1, 0.15) is 5.82 Å². The lowest BCUT2D eigenvalue weighted by atomic mass is 10.3. The number of esters is 1. The molecular weight excluding hydrogens is 227 g/mol. The van der Waals surface area contributed by atoms with E-state index in [4.69, 9.17) is 0 Å². The van der Waals surface area contributed by atoms with Crippen molar-refractivity contribution in [1.29, 1.82) is 0 Å². The van der Waals surface area contributed by atoms with Crippen LogP contribution in [-0.4, -0.2) is 25.7 Å². The second-order valence-electron chi connectivity index (χ2n) is 3.21. The van der Waals surface area contributed by atoms with Crippen LogP contribution in [0.15, 0.2) is 24.3 Å². The molecule has 0 radical (unpaired) electrons. The first-order chi connectivity index (χ1) is 8.11. The Kier molecular flexibility index (Phi) is 4.93. The number of halogens is 1. The van der Waals surface area contributed by atoms with Crippen LogP contribution < -0.4 is 10.6 Å². The highest BCUT2D eigenvalue weighted by Gasteiger charge is 2.03. The molecule has 0 fully saturated rings. The summed E-state index contributed by atoms with van der Waals surface area (Å²) in [6.45, 7) is 0.180. The first-order valence-electron chi connectivity index (χ1n) is 4.99. The molecule has 0 unspecified atom stereocenters. The third-order valence-corrected chi connectivity index (χ3v) is 1.94. The van der Waals surface area contributed by atoms with Crippen molar-refractivity contribution in [1.82, 2.24) is 5.32 Å². The Morgan fingerprint density at radius 3 is 2.53 bits per heavy atom. The number of urea groups is 1. The topological polar surface area (TPSA) is 67.4 Å². The van der Waals surface area contributed by atoms with E-state index in [9.17, 15) is 14.0 Å². The van der Waals surface area contributed by atoms with Gasteiger partial charge in [0, 0.05) is 12.2 Å². The number of nitrogens with one attached hydrogen (secondary N) is 2. The number of rotatable bonds is 4. The minimum Gasteiger partial charge on any atom is -0.469 e. The van der Waals surface area contributed by atoms with Crippen LogP contribution in [0, 0.1) is 5.82 Å². The molecule has 1 aromatic rings. The molecule has 0 saturated carbocycles. The Hall–Kier alpha value is -2.11. The number of methoxy groups -OCH3 is 1. The van der Waals surface area contributed by atoms with Crippen molar-refractivity contribution >= 4 is 17.7 Å². The lowest BCUT2D eigenvalue weighted by Gasteiger charge is -2.06. The summed E-state index contributed by atoms with van der Waals surface area (Å²) in [6, 6.07) is 4.90. The van der Waals surface area contributed by atoms with Crippen molar-refractivity contribution in [2.75, 3.05) is 19.0 Å². The molecule has 1 aromatic carbocycles. The molecule has 0 aliphatic rings. The second kappa shape index (κ2) is 6.47. The first kappa shape index (κ1) is 13.0. The van der Waals surface area contributed by atoms with E-state index >= 15 is 0 Å². The predicted octanol–water partition coefficient (Wildman–Crippen LogP) is 1.51. The van der Waals surface area contributed by atoms with E-state index in [0.29, 0.717) is 5.69 Å². The molecule has 0 spiro atoms. The maximum absolute atomic E-state index is 12.6. The van der Waals surface area contributed by atoms with Gasteiger partial charge in [-0.3, -0.25) is 4.79 Å². The number of hydrogen-bond donors (Lipinski definition) is 2. The Morgan fingerprint density at radius 1 is 1.29 bits per heavy atom. The van der Waals surface area contributed by atoms with Crippen molar-refractivity contribution in [3.05, 3.63) is 30.1 Å². The first-order valence-corrected chi connectivity index (χ1v) is 4.99. The Balaban J connectivity index is 2.30. The molecule has 0 heterocycles. The quantitative estimate of drug-likeness (QED) is 0.784. The fraction of sp³-hybridized carbons (Fsp3) is 0.273. The predicted molar refractivity (Wildman–Crippen MR) is 60.1 cm³/mol. The Labute approximate surface area is 98.0 Å². The van der Waals surface area contributed by atoms with Gasteiger partial charge in [-0.25, -0.2) is 9.18 Å². The zero-order valence-corrected chi connectivity index (χ0v) is 9.33. The molecular formula is C11H13FN2O3. The monoisotopic (exact) mass is 240 g/mol. The number of anilines is 1. The molecule has 2 N–H and O–H groups in total. The van der Waals surface area contributed by atoms with Crippen LogP contribution in [0.5, 0.6) is 0 Å². The number of hydrogen-bond acceptors (Lipinski definition) is 3. The molecule has 0 aliphatic carbocycles. The van der Waals surface area contributed by atoms with E-state index in [2.05, 4.69) is 15.4 Å². The van der Waals surface area contributed by atoms with Crippen molar-refractivity contribution < 1.29 is 18.7 Å². The molecule has 1 rings (SSSR count). The molecule has 0 saturated heterocycles. The molecule has 0 atom stereocenters. The van der Waals surface area contributed by atoms with Gasteiger partial charge in [0.15, 0.2) is 0 Å². The average molecular weight is 240 g/mol. The zero-order valence-electron chi connectivity index (χ0n) is 9.33. The molecule has 5 nitrogen and oxygen atoms in total. The van der Waals surface area contributed by atoms with Gasteiger partial charge in [-0.1, -0.05) is 0 Å². The van der Waals surface area contributed by atoms with Crippen LogP contribution in [0.4, 0.5) is 14.9 Å². The maximum Gasteiger partial charge on any atom is 0.319 e. The lowest BCUT2D eigenvalue weighted by molar-refractivity contribution is -0.140. The largest absolute Gasteiger partial charge is 0.469 e. The van der Waals surface area contributed by atoms with E-state index in [1.807, 2.05) is 0 Å². The second-order valence-corrected chi connectivity index (χ2v) is 3.21. The fourth-order valence-corrected chi connectivity index (χ4v) is 1.09. The number of benzene rings is 1. The van der Waals surface area contributed by atoms with Crippen LogP contribution in [0.1, 0.15) is 6.42 Å². The number of ether oxygens (including phenoxy) is 1. The minimum atomic E-state index is -0.458. The van der Waals surface area contributed by atoms with Gasteiger partial charge in [-0.2, -0.15) is 0 Å². The standard InChI is InChI=1S/C11H13FN2O3/c1-17-10(15)6-7-13-11(16)14-9-4-2-8(12)3-5-9/h2-5H,6-7H2,1H3,(H2,13,14,16). The summed E-state index contributed by atoms with van der Waals surface area (Å²) in [5, 5.41) is 4.96. The van der Waals surface area contributed by atoms with Crippen molar-refractivity contribution in [3.8, 4) is 0 Å². The molecule has 17 heavy (non-hydrogen) atoms. The van der Waals surface area contributed by atoms with Crippen LogP contribution in [0.3, 0.4) is 0 Å². The van der Waals surface area contributed by atoms with E-state index in [-0.39, 0.29) is 18.8 Å². The molecule has 2 amide bonds. The van der Waals surface area contributed by atoms with E-state index in [0.717, 1.165) is 0 Å². The van der Waals surface area contributed by atoms with Gasteiger partial charge in [-0.05, 0) is 24.3 Å². The number of carbonyl (C=O) groups is 2. The van der Waals surface area contributed by atoms with Crippen molar-refractivity contribution in [3.63, 3.8) is 0 Å². The average Bonchev–Trinajstić information content (AvgIpc) is 2.32.